The number of fused-ring (bicyclic) bond motifs is 1. The van der Waals surface area contributed by atoms with Crippen LogP contribution in [0.5, 0.6) is 0 Å². The molecule has 0 radical (unpaired) electrons. The number of nitrogens with zero attached hydrogens (tertiary/aromatic N) is 4. The Morgan fingerprint density at radius 1 is 1.09 bits per heavy atom. The predicted molar refractivity (Wildman–Crippen MR) is 80.4 cm³/mol. The summed E-state index contributed by atoms with van der Waals surface area (Å²) in [7, 11) is 3.01. The van der Waals surface area contributed by atoms with E-state index in [1.165, 1.54) is 30.1 Å². The first-order valence-electron chi connectivity index (χ1n) is 6.80. The van der Waals surface area contributed by atoms with Crippen molar-refractivity contribution in [3.8, 4) is 0 Å². The molecule has 0 bridgehead atoms. The van der Waals surface area contributed by atoms with Gasteiger partial charge in [0.1, 0.15) is 5.82 Å². The van der Waals surface area contributed by atoms with Crippen LogP contribution in [0.4, 0.5) is 4.39 Å². The highest BCUT2D eigenvalue weighted by atomic mass is 19.1. The molecule has 2 heterocycles. The van der Waals surface area contributed by atoms with Gasteiger partial charge in [-0.15, -0.1) is 0 Å². The fourth-order valence-electron chi connectivity index (χ4n) is 2.56. The molecule has 3 aromatic rings. The minimum Gasteiger partial charge on any atom is -0.317 e. The summed E-state index contributed by atoms with van der Waals surface area (Å²) in [5.41, 5.74) is 0.710. The van der Waals surface area contributed by atoms with Gasteiger partial charge in [-0.25, -0.2) is 14.2 Å². The molecule has 0 saturated carbocycles. The number of hydrogen-bond donors (Lipinski definition) is 0. The summed E-state index contributed by atoms with van der Waals surface area (Å²) in [4.78, 5) is 28.5. The molecule has 0 N–H and O–H groups in total. The third-order valence-corrected chi connectivity index (χ3v) is 3.94. The Morgan fingerprint density at radius 3 is 2.36 bits per heavy atom. The van der Waals surface area contributed by atoms with E-state index in [0.717, 1.165) is 10.1 Å². The number of halogens is 1. The Balaban J connectivity index is 2.26. The molecule has 1 atom stereocenters. The zero-order valence-corrected chi connectivity index (χ0v) is 12.4. The van der Waals surface area contributed by atoms with Gasteiger partial charge in [-0.3, -0.25) is 13.9 Å². The van der Waals surface area contributed by atoms with E-state index in [0.29, 0.717) is 11.2 Å². The lowest BCUT2D eigenvalue weighted by Crippen LogP contribution is -2.37. The third kappa shape index (κ3) is 1.97. The van der Waals surface area contributed by atoms with E-state index in [2.05, 4.69) is 4.98 Å². The van der Waals surface area contributed by atoms with Gasteiger partial charge < -0.3 is 4.57 Å². The topological polar surface area (TPSA) is 61.8 Å². The van der Waals surface area contributed by atoms with Crippen molar-refractivity contribution in [1.29, 1.82) is 0 Å². The molecular weight excluding hydrogens is 287 g/mol. The van der Waals surface area contributed by atoms with E-state index in [1.54, 1.807) is 23.7 Å². The van der Waals surface area contributed by atoms with Crippen molar-refractivity contribution in [3.63, 3.8) is 0 Å². The molecule has 3 rings (SSSR count). The monoisotopic (exact) mass is 302 g/mol. The third-order valence-electron chi connectivity index (χ3n) is 3.94. The Labute approximate surface area is 125 Å². The van der Waals surface area contributed by atoms with E-state index in [-0.39, 0.29) is 11.9 Å². The predicted octanol–water partition coefficient (Wildman–Crippen LogP) is 1.18. The number of imidazole rings is 1. The first kappa shape index (κ1) is 14.2. The number of hydrogen-bond acceptors (Lipinski definition) is 3. The van der Waals surface area contributed by atoms with E-state index in [9.17, 15) is 14.0 Å². The molecule has 0 fully saturated rings. The fraction of sp³-hybridized carbons (Fsp3) is 0.267. The standard InChI is InChI=1S/C15H15FN4O2/c1-9(10-4-6-11(16)7-5-10)20-8-17-13-12(20)14(21)19(3)15(22)18(13)2/h4-9H,1-3H3. The number of rotatable bonds is 2. The molecule has 0 aliphatic carbocycles. The highest BCUT2D eigenvalue weighted by molar-refractivity contribution is 5.70. The summed E-state index contributed by atoms with van der Waals surface area (Å²) in [6.45, 7) is 1.89. The second-order valence-electron chi connectivity index (χ2n) is 5.26. The molecule has 0 aliphatic rings. The summed E-state index contributed by atoms with van der Waals surface area (Å²) < 4.78 is 17.1. The normalized spacial score (nSPS) is 12.7. The molecule has 0 amide bonds. The van der Waals surface area contributed by atoms with Crippen LogP contribution in [0.25, 0.3) is 11.2 Å². The van der Waals surface area contributed by atoms with Crippen LogP contribution in [-0.2, 0) is 14.1 Å². The molecular formula is C15H15FN4O2. The van der Waals surface area contributed by atoms with E-state index in [1.807, 2.05) is 6.92 Å². The lowest BCUT2D eigenvalue weighted by Gasteiger charge is -2.15. The van der Waals surface area contributed by atoms with Gasteiger partial charge in [0.05, 0.1) is 12.4 Å². The molecule has 0 saturated heterocycles. The maximum Gasteiger partial charge on any atom is 0.332 e. The van der Waals surface area contributed by atoms with Crippen LogP contribution in [0, 0.1) is 5.82 Å². The molecule has 2 aromatic heterocycles. The molecule has 7 heteroatoms. The molecule has 114 valence electrons. The first-order chi connectivity index (χ1) is 10.4. The van der Waals surface area contributed by atoms with Gasteiger partial charge in [-0.1, -0.05) is 12.1 Å². The molecule has 1 unspecified atom stereocenters. The van der Waals surface area contributed by atoms with Crippen molar-refractivity contribution in [3.05, 3.63) is 62.8 Å². The summed E-state index contributed by atoms with van der Waals surface area (Å²) >= 11 is 0. The molecule has 0 aliphatic heterocycles. The zero-order valence-electron chi connectivity index (χ0n) is 12.4. The summed E-state index contributed by atoms with van der Waals surface area (Å²) in [6, 6.07) is 5.87. The van der Waals surface area contributed by atoms with Crippen LogP contribution < -0.4 is 11.2 Å². The van der Waals surface area contributed by atoms with Crippen LogP contribution in [0.1, 0.15) is 18.5 Å². The quantitative estimate of drug-likeness (QED) is 0.714. The summed E-state index contributed by atoms with van der Waals surface area (Å²) in [5.74, 6) is -0.315. The van der Waals surface area contributed by atoms with Crippen molar-refractivity contribution >= 4 is 11.2 Å². The number of aryl methyl sites for hydroxylation is 1. The van der Waals surface area contributed by atoms with Crippen molar-refractivity contribution < 1.29 is 4.39 Å². The van der Waals surface area contributed by atoms with E-state index < -0.39 is 11.2 Å². The molecule has 6 nitrogen and oxygen atoms in total. The Morgan fingerprint density at radius 2 is 1.73 bits per heavy atom. The average molecular weight is 302 g/mol. The number of aromatic nitrogens is 4. The highest BCUT2D eigenvalue weighted by Crippen LogP contribution is 2.21. The van der Waals surface area contributed by atoms with Crippen LogP contribution in [0.15, 0.2) is 40.2 Å². The maximum absolute atomic E-state index is 13.0. The minimum atomic E-state index is -0.419. The fourth-order valence-corrected chi connectivity index (χ4v) is 2.56. The zero-order chi connectivity index (χ0) is 16.0. The summed E-state index contributed by atoms with van der Waals surface area (Å²) in [6.07, 6.45) is 1.53. The van der Waals surface area contributed by atoms with Gasteiger partial charge in [0, 0.05) is 14.1 Å². The van der Waals surface area contributed by atoms with E-state index in [4.69, 9.17) is 0 Å². The minimum absolute atomic E-state index is 0.212. The average Bonchev–Trinajstić information content (AvgIpc) is 2.96. The van der Waals surface area contributed by atoms with Gasteiger partial charge in [-0.2, -0.15) is 0 Å². The van der Waals surface area contributed by atoms with Gasteiger partial charge >= 0.3 is 5.69 Å². The SMILES string of the molecule is CC(c1ccc(F)cc1)n1cnc2c1c(=O)n(C)c(=O)n2C. The maximum atomic E-state index is 13.0. The van der Waals surface area contributed by atoms with Gasteiger partial charge in [0.2, 0.25) is 0 Å². The van der Waals surface area contributed by atoms with Gasteiger partial charge in [-0.05, 0) is 24.6 Å². The first-order valence-corrected chi connectivity index (χ1v) is 6.80. The van der Waals surface area contributed by atoms with E-state index >= 15 is 0 Å². The summed E-state index contributed by atoms with van der Waals surface area (Å²) in [5, 5.41) is 0. The van der Waals surface area contributed by atoms with Crippen LogP contribution in [0.2, 0.25) is 0 Å². The largest absolute Gasteiger partial charge is 0.332 e. The Hall–Kier alpha value is -2.70. The lowest BCUT2D eigenvalue weighted by atomic mass is 10.1. The van der Waals surface area contributed by atoms with Crippen LogP contribution in [0.3, 0.4) is 0 Å². The highest BCUT2D eigenvalue weighted by Gasteiger charge is 2.18. The number of benzene rings is 1. The smallest absolute Gasteiger partial charge is 0.317 e. The molecule has 22 heavy (non-hydrogen) atoms. The van der Waals surface area contributed by atoms with Crippen LogP contribution in [-0.4, -0.2) is 18.7 Å². The van der Waals surface area contributed by atoms with Crippen molar-refractivity contribution in [2.75, 3.05) is 0 Å². The van der Waals surface area contributed by atoms with Crippen molar-refractivity contribution in [2.24, 2.45) is 14.1 Å². The molecule has 1 aromatic carbocycles. The Bertz CT molecular complexity index is 966. The lowest BCUT2D eigenvalue weighted by molar-refractivity contribution is 0.618. The second-order valence-corrected chi connectivity index (χ2v) is 5.26. The van der Waals surface area contributed by atoms with Gasteiger partial charge in [0.15, 0.2) is 11.2 Å². The second kappa shape index (κ2) is 4.94. The van der Waals surface area contributed by atoms with Crippen molar-refractivity contribution in [2.45, 2.75) is 13.0 Å². The van der Waals surface area contributed by atoms with Crippen molar-refractivity contribution in [1.82, 2.24) is 18.7 Å². The Kier molecular flexibility index (Phi) is 3.20. The molecule has 0 spiro atoms. The van der Waals surface area contributed by atoms with Gasteiger partial charge in [0.25, 0.3) is 5.56 Å². The van der Waals surface area contributed by atoms with Crippen LogP contribution >= 0.6 is 0 Å².